The molecule has 0 saturated heterocycles. The molecule has 2 N–H and O–H groups in total. The zero-order valence-electron chi connectivity index (χ0n) is 16.5. The van der Waals surface area contributed by atoms with Gasteiger partial charge in [-0.05, 0) is 62.3 Å². The Bertz CT molecular complexity index is 1150. The van der Waals surface area contributed by atoms with Crippen LogP contribution in [0.15, 0.2) is 28.2 Å². The number of aromatic amines is 1. The minimum Gasteiger partial charge on any atom is -0.325 e. The van der Waals surface area contributed by atoms with Gasteiger partial charge >= 0.3 is 0 Å². The van der Waals surface area contributed by atoms with E-state index in [0.717, 1.165) is 40.6 Å². The number of amides is 1. The molecule has 29 heavy (non-hydrogen) atoms. The summed E-state index contributed by atoms with van der Waals surface area (Å²) in [6.45, 7) is 5.95. The number of thioether (sulfide) groups is 1. The van der Waals surface area contributed by atoms with Crippen LogP contribution in [-0.2, 0) is 17.6 Å². The fourth-order valence-corrected chi connectivity index (χ4v) is 5.94. The van der Waals surface area contributed by atoms with E-state index in [1.54, 1.807) is 24.3 Å². The number of halogens is 1. The highest BCUT2D eigenvalue weighted by atomic mass is 35.5. The third-order valence-corrected chi connectivity index (χ3v) is 7.78. The molecule has 1 aliphatic rings. The Kier molecular flexibility index (Phi) is 5.73. The topological polar surface area (TPSA) is 74.8 Å². The van der Waals surface area contributed by atoms with Gasteiger partial charge in [-0.3, -0.25) is 9.59 Å². The van der Waals surface area contributed by atoms with Crippen LogP contribution in [0.3, 0.4) is 0 Å². The van der Waals surface area contributed by atoms with Crippen LogP contribution < -0.4 is 10.9 Å². The van der Waals surface area contributed by atoms with Crippen molar-refractivity contribution < 1.29 is 4.79 Å². The van der Waals surface area contributed by atoms with Gasteiger partial charge in [0, 0.05) is 15.6 Å². The first kappa shape index (κ1) is 20.4. The molecular weight excluding hydrogens is 426 g/mol. The van der Waals surface area contributed by atoms with Gasteiger partial charge in [0.1, 0.15) is 4.83 Å². The van der Waals surface area contributed by atoms with Crippen molar-refractivity contribution >= 4 is 56.5 Å². The van der Waals surface area contributed by atoms with Crippen molar-refractivity contribution in [3.63, 3.8) is 0 Å². The molecule has 3 aromatic rings. The van der Waals surface area contributed by atoms with Crippen LogP contribution >= 0.6 is 34.7 Å². The molecule has 5 nitrogen and oxygen atoms in total. The highest BCUT2D eigenvalue weighted by molar-refractivity contribution is 8.00. The molecule has 4 rings (SSSR count). The first-order valence-corrected chi connectivity index (χ1v) is 11.7. The Morgan fingerprint density at radius 3 is 3.00 bits per heavy atom. The number of nitrogens with zero attached hydrogens (tertiary/aromatic N) is 1. The SMILES string of the molecule is Cc1ccc(NC(=O)C(C)Sc2nc3sc4c(c3c(=O)[nH]2)CCC(C)C4)cc1Cl. The summed E-state index contributed by atoms with van der Waals surface area (Å²) in [4.78, 5) is 34.8. The van der Waals surface area contributed by atoms with Crippen LogP contribution in [0, 0.1) is 12.8 Å². The summed E-state index contributed by atoms with van der Waals surface area (Å²) in [5, 5.41) is 4.25. The first-order chi connectivity index (χ1) is 13.8. The van der Waals surface area contributed by atoms with E-state index in [0.29, 0.717) is 21.8 Å². The minimum atomic E-state index is -0.426. The maximum Gasteiger partial charge on any atom is 0.260 e. The average Bonchev–Trinajstić information content (AvgIpc) is 3.02. The Hall–Kier alpha value is -1.83. The number of aryl methyl sites for hydroxylation is 2. The highest BCUT2D eigenvalue weighted by Crippen LogP contribution is 2.36. The number of anilines is 1. The Labute approximate surface area is 182 Å². The normalized spacial score (nSPS) is 17.2. The van der Waals surface area contributed by atoms with Crippen molar-refractivity contribution in [1.29, 1.82) is 0 Å². The summed E-state index contributed by atoms with van der Waals surface area (Å²) in [5.74, 6) is 0.472. The predicted molar refractivity (Wildman–Crippen MR) is 122 cm³/mol. The fourth-order valence-electron chi connectivity index (χ4n) is 3.52. The molecular formula is C21H22ClN3O2S2. The lowest BCUT2D eigenvalue weighted by Crippen LogP contribution is -2.23. The number of hydrogen-bond donors (Lipinski definition) is 2. The first-order valence-electron chi connectivity index (χ1n) is 9.60. The van der Waals surface area contributed by atoms with Crippen LogP contribution in [-0.4, -0.2) is 21.1 Å². The van der Waals surface area contributed by atoms with Crippen LogP contribution in [0.25, 0.3) is 10.2 Å². The number of aromatic nitrogens is 2. The standard InChI is InChI=1S/C21H22ClN3O2S2/c1-10-4-7-14-16(8-10)29-20-17(14)19(27)24-21(25-20)28-12(3)18(26)23-13-6-5-11(2)15(22)9-13/h5-6,9-10,12H,4,7-8H2,1-3H3,(H,23,26)(H,24,25,27). The van der Waals surface area contributed by atoms with Gasteiger partial charge in [-0.2, -0.15) is 0 Å². The lowest BCUT2D eigenvalue weighted by atomic mass is 9.89. The number of hydrogen-bond acceptors (Lipinski definition) is 5. The smallest absolute Gasteiger partial charge is 0.260 e. The minimum absolute atomic E-state index is 0.109. The molecule has 2 unspecified atom stereocenters. The Balaban J connectivity index is 1.53. The number of benzene rings is 1. The zero-order valence-corrected chi connectivity index (χ0v) is 18.9. The maximum atomic E-state index is 12.7. The quantitative estimate of drug-likeness (QED) is 0.426. The van der Waals surface area contributed by atoms with Gasteiger partial charge in [0.15, 0.2) is 5.16 Å². The van der Waals surface area contributed by atoms with Crippen LogP contribution in [0.2, 0.25) is 5.02 Å². The third kappa shape index (κ3) is 4.22. The van der Waals surface area contributed by atoms with Crippen molar-refractivity contribution in [2.45, 2.75) is 50.4 Å². The molecule has 1 aliphatic carbocycles. The lowest BCUT2D eigenvalue weighted by molar-refractivity contribution is -0.115. The van der Waals surface area contributed by atoms with Gasteiger partial charge in [-0.15, -0.1) is 11.3 Å². The van der Waals surface area contributed by atoms with Crippen molar-refractivity contribution in [3.8, 4) is 0 Å². The second kappa shape index (κ2) is 8.13. The second-order valence-electron chi connectivity index (χ2n) is 7.62. The summed E-state index contributed by atoms with van der Waals surface area (Å²) in [6, 6.07) is 5.41. The Morgan fingerprint density at radius 1 is 1.45 bits per heavy atom. The molecule has 1 amide bonds. The van der Waals surface area contributed by atoms with Gasteiger partial charge in [-0.1, -0.05) is 36.4 Å². The average molecular weight is 448 g/mol. The molecule has 2 aromatic heterocycles. The number of carbonyl (C=O) groups is 1. The second-order valence-corrected chi connectivity index (χ2v) is 10.4. The maximum absolute atomic E-state index is 12.7. The third-order valence-electron chi connectivity index (χ3n) is 5.24. The van der Waals surface area contributed by atoms with Crippen molar-refractivity contribution in [2.75, 3.05) is 5.32 Å². The van der Waals surface area contributed by atoms with Crippen LogP contribution in [0.5, 0.6) is 0 Å². The van der Waals surface area contributed by atoms with Crippen molar-refractivity contribution in [1.82, 2.24) is 9.97 Å². The number of H-pyrrole nitrogens is 1. The summed E-state index contributed by atoms with van der Waals surface area (Å²) in [5.41, 5.74) is 2.66. The number of thiophene rings is 1. The number of fused-ring (bicyclic) bond motifs is 3. The van der Waals surface area contributed by atoms with Crippen LogP contribution in [0.1, 0.15) is 36.3 Å². The molecule has 0 fully saturated rings. The van der Waals surface area contributed by atoms with E-state index in [4.69, 9.17) is 11.6 Å². The van der Waals surface area contributed by atoms with E-state index in [-0.39, 0.29) is 11.5 Å². The van der Waals surface area contributed by atoms with E-state index in [9.17, 15) is 9.59 Å². The molecule has 0 bridgehead atoms. The number of rotatable bonds is 4. The predicted octanol–water partition coefficient (Wildman–Crippen LogP) is 5.19. The molecule has 8 heteroatoms. The number of carbonyl (C=O) groups excluding carboxylic acids is 1. The molecule has 0 radical (unpaired) electrons. The highest BCUT2D eigenvalue weighted by Gasteiger charge is 2.24. The van der Waals surface area contributed by atoms with E-state index in [1.165, 1.54) is 16.6 Å². The summed E-state index contributed by atoms with van der Waals surface area (Å²) >= 11 is 8.99. The zero-order chi connectivity index (χ0) is 20.7. The molecule has 0 aliphatic heterocycles. The van der Waals surface area contributed by atoms with Gasteiger partial charge in [0.25, 0.3) is 5.56 Å². The molecule has 152 valence electrons. The van der Waals surface area contributed by atoms with Crippen LogP contribution in [0.4, 0.5) is 5.69 Å². The fraction of sp³-hybridized carbons (Fsp3) is 0.381. The van der Waals surface area contributed by atoms with E-state index in [2.05, 4.69) is 22.2 Å². The van der Waals surface area contributed by atoms with Gasteiger partial charge < -0.3 is 10.3 Å². The number of nitrogens with one attached hydrogen (secondary N) is 2. The van der Waals surface area contributed by atoms with E-state index < -0.39 is 5.25 Å². The summed E-state index contributed by atoms with van der Waals surface area (Å²) in [6.07, 6.45) is 3.05. The molecule has 0 saturated carbocycles. The largest absolute Gasteiger partial charge is 0.325 e. The van der Waals surface area contributed by atoms with E-state index in [1.807, 2.05) is 19.1 Å². The monoisotopic (exact) mass is 447 g/mol. The molecule has 2 heterocycles. The Morgan fingerprint density at radius 2 is 2.24 bits per heavy atom. The van der Waals surface area contributed by atoms with Gasteiger partial charge in [0.2, 0.25) is 5.91 Å². The van der Waals surface area contributed by atoms with Gasteiger partial charge in [0.05, 0.1) is 10.6 Å². The van der Waals surface area contributed by atoms with Gasteiger partial charge in [-0.25, -0.2) is 4.98 Å². The van der Waals surface area contributed by atoms with E-state index >= 15 is 0 Å². The summed E-state index contributed by atoms with van der Waals surface area (Å²) in [7, 11) is 0. The van der Waals surface area contributed by atoms with Crippen molar-refractivity contribution in [2.24, 2.45) is 5.92 Å². The van der Waals surface area contributed by atoms with Crippen molar-refractivity contribution in [3.05, 3.63) is 49.6 Å². The molecule has 0 spiro atoms. The molecule has 1 aromatic carbocycles. The lowest BCUT2D eigenvalue weighted by Gasteiger charge is -2.17. The molecule has 2 atom stereocenters. The summed E-state index contributed by atoms with van der Waals surface area (Å²) < 4.78 is 0.